The van der Waals surface area contributed by atoms with Crippen molar-refractivity contribution in [3.05, 3.63) is 69.0 Å². The number of nitrogens with zero attached hydrogens (tertiary/aromatic N) is 2. The number of Topliss-reactive ketones (excluding diaryl/α,β-unsaturated/α-hetero) is 1. The van der Waals surface area contributed by atoms with E-state index in [0.717, 1.165) is 5.69 Å². The molecule has 1 aromatic heterocycles. The van der Waals surface area contributed by atoms with E-state index in [4.69, 9.17) is 12.2 Å². The standard InChI is InChI=1S/C17H10N2O2S2/c20-14-11-8-4-5-9-12(11)18-13(14)15-16(21)19(17(22)23-15)10-6-2-1-3-7-10/h1-9,21H. The molecule has 0 atom stereocenters. The Morgan fingerprint density at radius 2 is 1.74 bits per heavy atom. The fourth-order valence-corrected chi connectivity index (χ4v) is 3.86. The molecule has 1 aliphatic rings. The Balaban J connectivity index is 1.88. The topological polar surface area (TPSA) is 54.6 Å². The maximum absolute atomic E-state index is 12.5. The fourth-order valence-electron chi connectivity index (χ4n) is 2.54. The predicted molar refractivity (Wildman–Crippen MR) is 93.1 cm³/mol. The van der Waals surface area contributed by atoms with Crippen molar-refractivity contribution in [1.29, 1.82) is 0 Å². The van der Waals surface area contributed by atoms with Gasteiger partial charge in [-0.15, -0.1) is 0 Å². The highest BCUT2D eigenvalue weighted by atomic mass is 32.1. The van der Waals surface area contributed by atoms with Gasteiger partial charge in [-0.05, 0) is 36.5 Å². The van der Waals surface area contributed by atoms with Crippen molar-refractivity contribution in [2.75, 3.05) is 0 Å². The number of para-hydroxylation sites is 2. The summed E-state index contributed by atoms with van der Waals surface area (Å²) in [5.41, 5.74) is 2.17. The Morgan fingerprint density at radius 1 is 1.04 bits per heavy atom. The second-order valence-electron chi connectivity index (χ2n) is 5.00. The lowest BCUT2D eigenvalue weighted by Gasteiger charge is -2.04. The summed E-state index contributed by atoms with van der Waals surface area (Å²) >= 11 is 6.54. The van der Waals surface area contributed by atoms with Crippen LogP contribution < -0.4 is 0 Å². The van der Waals surface area contributed by atoms with E-state index in [9.17, 15) is 9.90 Å². The number of rotatable bonds is 2. The molecular formula is C17H10N2O2S2. The van der Waals surface area contributed by atoms with Gasteiger partial charge in [-0.3, -0.25) is 9.36 Å². The highest BCUT2D eigenvalue weighted by molar-refractivity contribution is 7.73. The third-order valence-corrected chi connectivity index (χ3v) is 4.98. The van der Waals surface area contributed by atoms with Crippen molar-refractivity contribution in [2.24, 2.45) is 4.99 Å². The van der Waals surface area contributed by atoms with Gasteiger partial charge in [0.1, 0.15) is 10.6 Å². The van der Waals surface area contributed by atoms with Gasteiger partial charge in [-0.1, -0.05) is 41.7 Å². The first-order chi connectivity index (χ1) is 11.2. The van der Waals surface area contributed by atoms with Crippen molar-refractivity contribution in [3.63, 3.8) is 0 Å². The molecule has 23 heavy (non-hydrogen) atoms. The Hall–Kier alpha value is -2.57. The van der Waals surface area contributed by atoms with E-state index in [1.807, 2.05) is 36.4 Å². The lowest BCUT2D eigenvalue weighted by atomic mass is 10.1. The van der Waals surface area contributed by atoms with Gasteiger partial charge in [0.25, 0.3) is 0 Å². The molecule has 6 heteroatoms. The van der Waals surface area contributed by atoms with Crippen LogP contribution in [0, 0.1) is 3.95 Å². The zero-order chi connectivity index (χ0) is 16.0. The summed E-state index contributed by atoms with van der Waals surface area (Å²) in [4.78, 5) is 17.3. The van der Waals surface area contributed by atoms with Gasteiger partial charge in [-0.25, -0.2) is 4.99 Å². The largest absolute Gasteiger partial charge is 0.493 e. The van der Waals surface area contributed by atoms with E-state index < -0.39 is 0 Å². The molecule has 2 aromatic carbocycles. The second kappa shape index (κ2) is 5.26. The minimum Gasteiger partial charge on any atom is -0.493 e. The Labute approximate surface area is 141 Å². The molecule has 2 heterocycles. The molecule has 0 fully saturated rings. The first-order valence-electron chi connectivity index (χ1n) is 6.90. The first-order valence-corrected chi connectivity index (χ1v) is 8.12. The summed E-state index contributed by atoms with van der Waals surface area (Å²) < 4.78 is 2.02. The lowest BCUT2D eigenvalue weighted by Crippen LogP contribution is -2.10. The van der Waals surface area contributed by atoms with Crippen LogP contribution in [0.25, 0.3) is 5.69 Å². The smallest absolute Gasteiger partial charge is 0.217 e. The summed E-state index contributed by atoms with van der Waals surface area (Å²) in [6.07, 6.45) is 0. The molecule has 112 valence electrons. The number of aromatic hydroxyl groups is 1. The van der Waals surface area contributed by atoms with Crippen molar-refractivity contribution in [2.45, 2.75) is 0 Å². The number of carbonyl (C=O) groups is 1. The molecule has 4 rings (SSSR count). The zero-order valence-corrected chi connectivity index (χ0v) is 13.4. The van der Waals surface area contributed by atoms with Crippen molar-refractivity contribution < 1.29 is 9.90 Å². The number of aromatic nitrogens is 1. The van der Waals surface area contributed by atoms with E-state index in [1.165, 1.54) is 11.3 Å². The molecule has 4 nitrogen and oxygen atoms in total. The number of hydrogen-bond acceptors (Lipinski definition) is 5. The van der Waals surface area contributed by atoms with Crippen molar-refractivity contribution >= 4 is 40.7 Å². The Morgan fingerprint density at radius 3 is 2.48 bits per heavy atom. The maximum Gasteiger partial charge on any atom is 0.217 e. The third kappa shape index (κ3) is 2.15. The average Bonchev–Trinajstić information content (AvgIpc) is 3.05. The molecule has 0 amide bonds. The van der Waals surface area contributed by atoms with E-state index in [2.05, 4.69) is 4.99 Å². The fraction of sp³-hybridized carbons (Fsp3) is 0. The van der Waals surface area contributed by atoms with Gasteiger partial charge in [0, 0.05) is 5.56 Å². The highest BCUT2D eigenvalue weighted by Crippen LogP contribution is 2.35. The number of fused-ring (bicyclic) bond motifs is 1. The molecule has 0 radical (unpaired) electrons. The van der Waals surface area contributed by atoms with E-state index >= 15 is 0 Å². The molecule has 1 aliphatic heterocycles. The van der Waals surface area contributed by atoms with E-state index in [-0.39, 0.29) is 17.4 Å². The quantitative estimate of drug-likeness (QED) is 0.709. The molecule has 0 aliphatic carbocycles. The monoisotopic (exact) mass is 338 g/mol. The van der Waals surface area contributed by atoms with Gasteiger partial charge >= 0.3 is 0 Å². The molecule has 3 aromatic rings. The maximum atomic E-state index is 12.5. The van der Waals surface area contributed by atoms with Gasteiger partial charge < -0.3 is 5.11 Å². The van der Waals surface area contributed by atoms with Gasteiger partial charge in [0.05, 0.1) is 11.4 Å². The molecule has 0 unspecified atom stereocenters. The molecule has 1 N–H and O–H groups in total. The number of thiazole rings is 1. The summed E-state index contributed by atoms with van der Waals surface area (Å²) in [6, 6.07) is 16.5. The number of hydrogen-bond donors (Lipinski definition) is 1. The molecule has 0 bridgehead atoms. The first kappa shape index (κ1) is 14.0. The Kier molecular flexibility index (Phi) is 3.21. The van der Waals surface area contributed by atoms with Crippen LogP contribution in [0.3, 0.4) is 0 Å². The van der Waals surface area contributed by atoms with E-state index in [1.54, 1.807) is 22.8 Å². The van der Waals surface area contributed by atoms with Crippen LogP contribution in [0.1, 0.15) is 15.2 Å². The minimum atomic E-state index is -0.188. The summed E-state index contributed by atoms with van der Waals surface area (Å²) in [7, 11) is 0. The molecular weight excluding hydrogens is 328 g/mol. The zero-order valence-electron chi connectivity index (χ0n) is 11.8. The van der Waals surface area contributed by atoms with Crippen LogP contribution in [-0.4, -0.2) is 21.2 Å². The number of aliphatic imine (C=N–C) groups is 1. The number of carbonyl (C=O) groups excluding carboxylic acids is 1. The minimum absolute atomic E-state index is 0.0499. The second-order valence-corrected chi connectivity index (χ2v) is 6.64. The van der Waals surface area contributed by atoms with Crippen LogP contribution in [-0.2, 0) is 0 Å². The van der Waals surface area contributed by atoms with Crippen LogP contribution in [0.4, 0.5) is 5.69 Å². The van der Waals surface area contributed by atoms with Crippen LogP contribution >= 0.6 is 23.6 Å². The van der Waals surface area contributed by atoms with Crippen LogP contribution in [0.15, 0.2) is 59.6 Å². The number of ketones is 1. The Bertz CT molecular complexity index is 1020. The molecule has 0 spiro atoms. The van der Waals surface area contributed by atoms with Gasteiger partial charge in [0.15, 0.2) is 3.95 Å². The molecule has 0 saturated carbocycles. The average molecular weight is 338 g/mol. The molecule has 0 saturated heterocycles. The lowest BCUT2D eigenvalue weighted by molar-refractivity contribution is 0.107. The van der Waals surface area contributed by atoms with Crippen molar-refractivity contribution in [1.82, 2.24) is 4.57 Å². The number of benzene rings is 2. The van der Waals surface area contributed by atoms with Gasteiger partial charge in [-0.2, -0.15) is 0 Å². The van der Waals surface area contributed by atoms with Crippen LogP contribution in [0.2, 0.25) is 0 Å². The van der Waals surface area contributed by atoms with Crippen molar-refractivity contribution in [3.8, 4) is 11.6 Å². The SMILES string of the molecule is O=C1C(c2sc(=S)n(-c3ccccc3)c2O)=Nc2ccccc21. The van der Waals surface area contributed by atoms with Gasteiger partial charge in [0.2, 0.25) is 11.7 Å². The van der Waals surface area contributed by atoms with E-state index in [0.29, 0.717) is 20.1 Å². The summed E-state index contributed by atoms with van der Waals surface area (Å²) in [6.45, 7) is 0. The third-order valence-electron chi connectivity index (χ3n) is 3.61. The predicted octanol–water partition coefficient (Wildman–Crippen LogP) is 4.29. The summed E-state index contributed by atoms with van der Waals surface area (Å²) in [5.74, 6) is -0.238. The normalized spacial score (nSPS) is 13.0. The van der Waals surface area contributed by atoms with Crippen LogP contribution in [0.5, 0.6) is 5.88 Å². The highest BCUT2D eigenvalue weighted by Gasteiger charge is 2.30. The summed E-state index contributed by atoms with van der Waals surface area (Å²) in [5, 5.41) is 10.6.